The summed E-state index contributed by atoms with van der Waals surface area (Å²) in [5.74, 6) is -1.92. The van der Waals surface area contributed by atoms with Crippen molar-refractivity contribution < 1.29 is 19.4 Å². The first-order valence-corrected chi connectivity index (χ1v) is 4.03. The van der Waals surface area contributed by atoms with Crippen molar-refractivity contribution in [1.29, 1.82) is 0 Å². The topological polar surface area (TPSA) is 92.3 Å². The van der Waals surface area contributed by atoms with Crippen LogP contribution in [0.2, 0.25) is 0 Å². The maximum atomic E-state index is 11.2. The molecular weight excluding hydrogens is 188 g/mol. The Labute approximate surface area is 79.9 Å². The lowest BCUT2D eigenvalue weighted by Crippen LogP contribution is -2.11. The van der Waals surface area contributed by atoms with Crippen molar-refractivity contribution in [3.8, 4) is 0 Å². The molecule has 0 atom stereocenters. The van der Waals surface area contributed by atoms with E-state index < -0.39 is 11.9 Å². The summed E-state index contributed by atoms with van der Waals surface area (Å²) >= 11 is 0. The van der Waals surface area contributed by atoms with Crippen molar-refractivity contribution in [2.24, 2.45) is 0 Å². The van der Waals surface area contributed by atoms with Crippen LogP contribution in [0.15, 0.2) is 0 Å². The smallest absolute Gasteiger partial charge is 0.359 e. The third-order valence-corrected chi connectivity index (χ3v) is 1.63. The number of esters is 1. The van der Waals surface area contributed by atoms with Gasteiger partial charge in [-0.15, -0.1) is 0 Å². The summed E-state index contributed by atoms with van der Waals surface area (Å²) in [4.78, 5) is 22.0. The predicted molar refractivity (Wildman–Crippen MR) is 46.2 cm³/mol. The molecule has 0 aliphatic rings. The van der Waals surface area contributed by atoms with Crippen LogP contribution in [-0.2, 0) is 4.74 Å². The van der Waals surface area contributed by atoms with Gasteiger partial charge >= 0.3 is 11.9 Å². The molecule has 0 bridgehead atoms. The average molecular weight is 198 g/mol. The standard InChI is InChI=1S/C8H10N2O4/c1-3-14-8(13)6-5(7(11)12)4(2)9-10-6/h3H2,1-2H3,(H,9,10)(H,11,12). The number of aromatic nitrogens is 2. The van der Waals surface area contributed by atoms with Gasteiger partial charge in [-0.1, -0.05) is 0 Å². The minimum atomic E-state index is -1.20. The molecular formula is C8H10N2O4. The first kappa shape index (κ1) is 10.2. The number of aromatic amines is 1. The van der Waals surface area contributed by atoms with Crippen molar-refractivity contribution in [2.75, 3.05) is 6.61 Å². The molecule has 6 nitrogen and oxygen atoms in total. The molecule has 0 fully saturated rings. The van der Waals surface area contributed by atoms with E-state index in [1.165, 1.54) is 6.92 Å². The summed E-state index contributed by atoms with van der Waals surface area (Å²) in [5.41, 5.74) is 0.0147. The zero-order valence-corrected chi connectivity index (χ0v) is 7.83. The van der Waals surface area contributed by atoms with Gasteiger partial charge in [-0.25, -0.2) is 9.59 Å². The number of carboxylic acids is 1. The Morgan fingerprint density at radius 3 is 2.71 bits per heavy atom. The fraction of sp³-hybridized carbons (Fsp3) is 0.375. The number of nitrogens with one attached hydrogen (secondary N) is 1. The maximum Gasteiger partial charge on any atom is 0.359 e. The normalized spacial score (nSPS) is 9.86. The quantitative estimate of drug-likeness (QED) is 0.693. The van der Waals surface area contributed by atoms with Crippen LogP contribution in [0.1, 0.15) is 33.5 Å². The molecule has 14 heavy (non-hydrogen) atoms. The highest BCUT2D eigenvalue weighted by Gasteiger charge is 2.23. The number of carbonyl (C=O) groups excluding carboxylic acids is 1. The van der Waals surface area contributed by atoms with E-state index in [-0.39, 0.29) is 17.9 Å². The number of nitrogens with zero attached hydrogens (tertiary/aromatic N) is 1. The maximum absolute atomic E-state index is 11.2. The van der Waals surface area contributed by atoms with E-state index in [4.69, 9.17) is 5.11 Å². The highest BCUT2D eigenvalue weighted by molar-refractivity contribution is 6.01. The van der Waals surface area contributed by atoms with Gasteiger partial charge in [0.05, 0.1) is 6.61 Å². The SMILES string of the molecule is CCOC(=O)c1n[nH]c(C)c1C(=O)O. The lowest BCUT2D eigenvalue weighted by Gasteiger charge is -1.98. The van der Waals surface area contributed by atoms with Crippen molar-refractivity contribution >= 4 is 11.9 Å². The van der Waals surface area contributed by atoms with Crippen LogP contribution in [0.5, 0.6) is 0 Å². The van der Waals surface area contributed by atoms with E-state index in [2.05, 4.69) is 14.9 Å². The fourth-order valence-electron chi connectivity index (χ4n) is 1.04. The lowest BCUT2D eigenvalue weighted by atomic mass is 10.2. The van der Waals surface area contributed by atoms with Crippen molar-refractivity contribution in [3.05, 3.63) is 17.0 Å². The largest absolute Gasteiger partial charge is 0.478 e. The molecule has 0 aliphatic heterocycles. The van der Waals surface area contributed by atoms with Crippen LogP contribution < -0.4 is 0 Å². The highest BCUT2D eigenvalue weighted by Crippen LogP contribution is 2.11. The molecule has 1 heterocycles. The minimum Gasteiger partial charge on any atom is -0.478 e. The second-order valence-electron chi connectivity index (χ2n) is 2.60. The van der Waals surface area contributed by atoms with Gasteiger partial charge in [0.25, 0.3) is 0 Å². The van der Waals surface area contributed by atoms with E-state index >= 15 is 0 Å². The third-order valence-electron chi connectivity index (χ3n) is 1.63. The molecule has 1 aromatic rings. The van der Waals surface area contributed by atoms with Gasteiger partial charge in [0, 0.05) is 5.69 Å². The van der Waals surface area contributed by atoms with Crippen LogP contribution in [0, 0.1) is 6.92 Å². The van der Waals surface area contributed by atoms with Crippen LogP contribution in [-0.4, -0.2) is 33.8 Å². The van der Waals surface area contributed by atoms with Crippen molar-refractivity contribution in [3.63, 3.8) is 0 Å². The van der Waals surface area contributed by atoms with Crippen LogP contribution in [0.3, 0.4) is 0 Å². The summed E-state index contributed by atoms with van der Waals surface area (Å²) < 4.78 is 4.65. The fourth-order valence-corrected chi connectivity index (χ4v) is 1.04. The molecule has 2 N–H and O–H groups in total. The van der Waals surface area contributed by atoms with E-state index in [1.807, 2.05) is 0 Å². The number of ether oxygens (including phenoxy) is 1. The van der Waals surface area contributed by atoms with E-state index in [9.17, 15) is 9.59 Å². The minimum absolute atomic E-state index is 0.136. The summed E-state index contributed by atoms with van der Waals surface area (Å²) in [5, 5.41) is 14.8. The molecule has 1 aromatic heterocycles. The molecule has 0 amide bonds. The van der Waals surface area contributed by atoms with Crippen molar-refractivity contribution in [2.45, 2.75) is 13.8 Å². The van der Waals surface area contributed by atoms with Crippen molar-refractivity contribution in [1.82, 2.24) is 10.2 Å². The second kappa shape index (κ2) is 3.91. The number of hydrogen-bond donors (Lipinski definition) is 2. The number of aryl methyl sites for hydroxylation is 1. The van der Waals surface area contributed by atoms with Crippen LogP contribution in [0.25, 0.3) is 0 Å². The summed E-state index contributed by atoms with van der Waals surface area (Å²) in [7, 11) is 0. The zero-order valence-electron chi connectivity index (χ0n) is 7.83. The zero-order chi connectivity index (χ0) is 10.7. The summed E-state index contributed by atoms with van der Waals surface area (Å²) in [6.07, 6.45) is 0. The molecule has 0 unspecified atom stereocenters. The molecule has 0 aliphatic carbocycles. The predicted octanol–water partition coefficient (Wildman–Crippen LogP) is 0.593. The second-order valence-corrected chi connectivity index (χ2v) is 2.60. The van der Waals surface area contributed by atoms with Gasteiger partial charge in [0.15, 0.2) is 5.69 Å². The van der Waals surface area contributed by atoms with E-state index in [0.717, 1.165) is 0 Å². The number of rotatable bonds is 3. The number of aromatic carboxylic acids is 1. The summed E-state index contributed by atoms with van der Waals surface area (Å²) in [6.45, 7) is 3.35. The highest BCUT2D eigenvalue weighted by atomic mass is 16.5. The molecule has 76 valence electrons. The third kappa shape index (κ3) is 1.73. The Bertz CT molecular complexity index is 369. The Morgan fingerprint density at radius 2 is 2.21 bits per heavy atom. The molecule has 0 saturated carbocycles. The van der Waals surface area contributed by atoms with Gasteiger partial charge < -0.3 is 9.84 Å². The number of H-pyrrole nitrogens is 1. The molecule has 6 heteroatoms. The van der Waals surface area contributed by atoms with Gasteiger partial charge in [-0.2, -0.15) is 5.10 Å². The Balaban J connectivity index is 3.09. The number of carboxylic acid groups (broad SMARTS) is 1. The first-order chi connectivity index (χ1) is 6.57. The van der Waals surface area contributed by atoms with Crippen LogP contribution in [0.4, 0.5) is 0 Å². The summed E-state index contributed by atoms with van der Waals surface area (Å²) in [6, 6.07) is 0. The number of hydrogen-bond acceptors (Lipinski definition) is 4. The average Bonchev–Trinajstić information content (AvgIpc) is 2.47. The van der Waals surface area contributed by atoms with E-state index in [0.29, 0.717) is 5.69 Å². The Kier molecular flexibility index (Phi) is 2.85. The molecule has 0 aromatic carbocycles. The van der Waals surface area contributed by atoms with E-state index in [1.54, 1.807) is 6.92 Å². The van der Waals surface area contributed by atoms with Crippen LogP contribution >= 0.6 is 0 Å². The first-order valence-electron chi connectivity index (χ1n) is 4.03. The monoisotopic (exact) mass is 198 g/mol. The molecule has 1 rings (SSSR count). The van der Waals surface area contributed by atoms with Gasteiger partial charge in [0.1, 0.15) is 5.56 Å². The Morgan fingerprint density at radius 1 is 1.57 bits per heavy atom. The van der Waals surface area contributed by atoms with Gasteiger partial charge in [-0.05, 0) is 13.8 Å². The van der Waals surface area contributed by atoms with Gasteiger partial charge in [-0.3, -0.25) is 5.10 Å². The molecule has 0 radical (unpaired) electrons. The lowest BCUT2D eigenvalue weighted by molar-refractivity contribution is 0.0508. The molecule has 0 saturated heterocycles. The Hall–Kier alpha value is -1.85. The molecule has 0 spiro atoms. The number of carbonyl (C=O) groups is 2. The van der Waals surface area contributed by atoms with Gasteiger partial charge in [0.2, 0.25) is 0 Å².